The van der Waals surface area contributed by atoms with Gasteiger partial charge >= 0.3 is 0 Å². The van der Waals surface area contributed by atoms with Crippen LogP contribution in [-0.4, -0.2) is 24.6 Å². The topological polar surface area (TPSA) is 64.3 Å². The number of hydrogen-bond acceptors (Lipinski definition) is 3. The van der Waals surface area contributed by atoms with Crippen molar-refractivity contribution in [2.45, 2.75) is 39.3 Å². The first-order valence-electron chi connectivity index (χ1n) is 6.36. The maximum absolute atomic E-state index is 11.8. The highest BCUT2D eigenvalue weighted by atomic mass is 35.5. The summed E-state index contributed by atoms with van der Waals surface area (Å²) < 4.78 is 5.57. The minimum absolute atomic E-state index is 0.0791. The predicted octanol–water partition coefficient (Wildman–Crippen LogP) is 2.27. The Morgan fingerprint density at radius 3 is 2.74 bits per heavy atom. The molecule has 5 heteroatoms. The second-order valence-electron chi connectivity index (χ2n) is 4.73. The van der Waals surface area contributed by atoms with E-state index in [0.717, 1.165) is 12.0 Å². The quantitative estimate of drug-likeness (QED) is 0.842. The molecule has 0 heterocycles. The molecule has 4 nitrogen and oxygen atoms in total. The van der Waals surface area contributed by atoms with Crippen molar-refractivity contribution in [2.75, 3.05) is 6.54 Å². The van der Waals surface area contributed by atoms with Crippen molar-refractivity contribution < 1.29 is 9.53 Å². The van der Waals surface area contributed by atoms with E-state index in [1.54, 1.807) is 19.1 Å². The summed E-state index contributed by atoms with van der Waals surface area (Å²) in [6.45, 7) is 6.07. The third kappa shape index (κ3) is 5.49. The average molecular weight is 285 g/mol. The molecule has 0 aliphatic carbocycles. The van der Waals surface area contributed by atoms with Gasteiger partial charge in [-0.2, -0.15) is 0 Å². The Balaban J connectivity index is 2.47. The lowest BCUT2D eigenvalue weighted by Crippen LogP contribution is -2.38. The first-order valence-corrected chi connectivity index (χ1v) is 6.74. The summed E-state index contributed by atoms with van der Waals surface area (Å²) in [7, 11) is 0. The number of carbonyl (C=O) groups is 1. The fourth-order valence-electron chi connectivity index (χ4n) is 1.51. The monoisotopic (exact) mass is 284 g/mol. The van der Waals surface area contributed by atoms with Gasteiger partial charge in [0.2, 0.25) is 0 Å². The molecule has 0 saturated carbocycles. The summed E-state index contributed by atoms with van der Waals surface area (Å²) in [5.41, 5.74) is 6.53. The SMILES string of the molecule is Cc1cc(OC(C)C(=O)NCCC(C)N)ccc1Cl. The van der Waals surface area contributed by atoms with Crippen LogP contribution in [0.25, 0.3) is 0 Å². The van der Waals surface area contributed by atoms with Crippen LogP contribution in [0.4, 0.5) is 0 Å². The van der Waals surface area contributed by atoms with Crippen LogP contribution in [0, 0.1) is 6.92 Å². The summed E-state index contributed by atoms with van der Waals surface area (Å²) in [6, 6.07) is 5.40. The Hall–Kier alpha value is -1.26. The highest BCUT2D eigenvalue weighted by molar-refractivity contribution is 6.31. The highest BCUT2D eigenvalue weighted by Gasteiger charge is 2.14. The van der Waals surface area contributed by atoms with Crippen LogP contribution in [0.1, 0.15) is 25.8 Å². The molecule has 1 amide bonds. The summed E-state index contributed by atoms with van der Waals surface area (Å²) in [5, 5.41) is 3.47. The number of ether oxygens (including phenoxy) is 1. The minimum Gasteiger partial charge on any atom is -0.481 e. The van der Waals surface area contributed by atoms with E-state index in [9.17, 15) is 4.79 Å². The molecule has 3 N–H and O–H groups in total. The molecule has 106 valence electrons. The van der Waals surface area contributed by atoms with E-state index in [2.05, 4.69) is 5.32 Å². The normalized spacial score (nSPS) is 13.7. The fraction of sp³-hybridized carbons (Fsp3) is 0.500. The lowest BCUT2D eigenvalue weighted by Gasteiger charge is -2.15. The molecule has 1 rings (SSSR count). The molecule has 0 radical (unpaired) electrons. The molecule has 2 unspecified atom stereocenters. The zero-order chi connectivity index (χ0) is 14.4. The minimum atomic E-state index is -0.548. The number of benzene rings is 1. The zero-order valence-corrected chi connectivity index (χ0v) is 12.3. The first-order chi connectivity index (χ1) is 8.90. The third-order valence-corrected chi connectivity index (χ3v) is 3.13. The van der Waals surface area contributed by atoms with Crippen molar-refractivity contribution >= 4 is 17.5 Å². The third-order valence-electron chi connectivity index (χ3n) is 2.71. The fourth-order valence-corrected chi connectivity index (χ4v) is 1.63. The Morgan fingerprint density at radius 2 is 2.16 bits per heavy atom. The maximum atomic E-state index is 11.8. The highest BCUT2D eigenvalue weighted by Crippen LogP contribution is 2.21. The summed E-state index contributed by atoms with van der Waals surface area (Å²) in [6.07, 6.45) is 0.201. The van der Waals surface area contributed by atoms with Crippen LogP contribution >= 0.6 is 11.6 Å². The first kappa shape index (κ1) is 15.8. The summed E-state index contributed by atoms with van der Waals surface area (Å²) in [4.78, 5) is 11.8. The van der Waals surface area contributed by atoms with Crippen molar-refractivity contribution in [1.29, 1.82) is 0 Å². The number of halogens is 1. The number of hydrogen-bond donors (Lipinski definition) is 2. The molecular weight excluding hydrogens is 264 g/mol. The molecule has 0 aliphatic heterocycles. The molecular formula is C14H21ClN2O2. The summed E-state index contributed by atoms with van der Waals surface area (Å²) in [5.74, 6) is 0.491. The second kappa shape index (κ2) is 7.36. The zero-order valence-electron chi connectivity index (χ0n) is 11.6. The van der Waals surface area contributed by atoms with Crippen molar-refractivity contribution in [3.63, 3.8) is 0 Å². The molecule has 0 aromatic heterocycles. The Labute approximate surface area is 119 Å². The standard InChI is InChI=1S/C14H21ClN2O2/c1-9-8-12(4-5-13(9)15)19-11(3)14(18)17-7-6-10(2)16/h4-5,8,10-11H,6-7,16H2,1-3H3,(H,17,18). The van der Waals surface area contributed by atoms with E-state index < -0.39 is 6.10 Å². The number of amides is 1. The lowest BCUT2D eigenvalue weighted by molar-refractivity contribution is -0.127. The maximum Gasteiger partial charge on any atom is 0.260 e. The molecule has 1 aromatic carbocycles. The van der Waals surface area contributed by atoms with E-state index in [-0.39, 0.29) is 11.9 Å². The lowest BCUT2D eigenvalue weighted by atomic mass is 10.2. The van der Waals surface area contributed by atoms with Crippen molar-refractivity contribution in [1.82, 2.24) is 5.32 Å². The van der Waals surface area contributed by atoms with Crippen LogP contribution in [0.2, 0.25) is 5.02 Å². The number of aryl methyl sites for hydroxylation is 1. The Morgan fingerprint density at radius 1 is 1.47 bits per heavy atom. The van der Waals surface area contributed by atoms with Crippen molar-refractivity contribution in [3.05, 3.63) is 28.8 Å². The van der Waals surface area contributed by atoms with E-state index in [1.165, 1.54) is 0 Å². The molecule has 0 bridgehead atoms. The molecule has 1 aromatic rings. The van der Waals surface area contributed by atoms with E-state index in [0.29, 0.717) is 17.3 Å². The number of carbonyl (C=O) groups excluding carboxylic acids is 1. The Bertz CT molecular complexity index is 435. The van der Waals surface area contributed by atoms with Crippen LogP contribution in [0.15, 0.2) is 18.2 Å². The van der Waals surface area contributed by atoms with Gasteiger partial charge in [-0.25, -0.2) is 0 Å². The van der Waals surface area contributed by atoms with Gasteiger partial charge < -0.3 is 15.8 Å². The molecule has 19 heavy (non-hydrogen) atoms. The van der Waals surface area contributed by atoms with Gasteiger partial charge in [0, 0.05) is 17.6 Å². The van der Waals surface area contributed by atoms with Crippen LogP contribution in [0.5, 0.6) is 5.75 Å². The molecule has 2 atom stereocenters. The van der Waals surface area contributed by atoms with Gasteiger partial charge in [-0.15, -0.1) is 0 Å². The molecule has 0 saturated heterocycles. The van der Waals surface area contributed by atoms with Gasteiger partial charge in [0.05, 0.1) is 0 Å². The van der Waals surface area contributed by atoms with Gasteiger partial charge in [-0.3, -0.25) is 4.79 Å². The van der Waals surface area contributed by atoms with Gasteiger partial charge in [-0.05, 0) is 51.0 Å². The van der Waals surface area contributed by atoms with Crippen molar-refractivity contribution in [2.24, 2.45) is 5.73 Å². The number of rotatable bonds is 6. The van der Waals surface area contributed by atoms with Gasteiger partial charge in [-0.1, -0.05) is 11.6 Å². The van der Waals surface area contributed by atoms with E-state index in [4.69, 9.17) is 22.1 Å². The van der Waals surface area contributed by atoms with Crippen LogP contribution in [0.3, 0.4) is 0 Å². The average Bonchev–Trinajstić information content (AvgIpc) is 2.33. The van der Waals surface area contributed by atoms with E-state index in [1.807, 2.05) is 19.9 Å². The number of nitrogens with two attached hydrogens (primary N) is 1. The number of nitrogens with one attached hydrogen (secondary N) is 1. The molecule has 0 aliphatic rings. The van der Waals surface area contributed by atoms with E-state index >= 15 is 0 Å². The summed E-state index contributed by atoms with van der Waals surface area (Å²) >= 11 is 5.93. The van der Waals surface area contributed by atoms with Gasteiger partial charge in [0.25, 0.3) is 5.91 Å². The molecule has 0 spiro atoms. The van der Waals surface area contributed by atoms with Gasteiger partial charge in [0.15, 0.2) is 6.10 Å². The Kier molecular flexibility index (Phi) is 6.12. The smallest absolute Gasteiger partial charge is 0.260 e. The second-order valence-corrected chi connectivity index (χ2v) is 5.14. The largest absolute Gasteiger partial charge is 0.481 e. The van der Waals surface area contributed by atoms with Gasteiger partial charge in [0.1, 0.15) is 5.75 Å². The predicted molar refractivity (Wildman–Crippen MR) is 77.6 cm³/mol. The van der Waals surface area contributed by atoms with Crippen molar-refractivity contribution in [3.8, 4) is 5.75 Å². The molecule has 0 fully saturated rings. The van der Waals surface area contributed by atoms with Crippen LogP contribution in [-0.2, 0) is 4.79 Å². The van der Waals surface area contributed by atoms with Crippen LogP contribution < -0.4 is 15.8 Å².